The maximum atomic E-state index is 12.8. The van der Waals surface area contributed by atoms with Crippen LogP contribution in [0.15, 0.2) is 12.2 Å². The van der Waals surface area contributed by atoms with Crippen molar-refractivity contribution in [2.75, 3.05) is 13.2 Å². The van der Waals surface area contributed by atoms with Gasteiger partial charge in [0.2, 0.25) is 0 Å². The average Bonchev–Trinajstić information content (AvgIpc) is 3.39. The van der Waals surface area contributed by atoms with Crippen LogP contribution in [0, 0.1) is 0 Å². The largest absolute Gasteiger partial charge is 0.462 e. The number of carbonyl (C=O) groups excluding carboxylic acids is 3. The third-order valence-corrected chi connectivity index (χ3v) is 15.3. The molecule has 0 aromatic rings. The van der Waals surface area contributed by atoms with E-state index in [1.807, 2.05) is 0 Å². The van der Waals surface area contributed by atoms with Crippen molar-refractivity contribution in [3.05, 3.63) is 12.2 Å². The average molecular weight is 1030 g/mol. The van der Waals surface area contributed by atoms with Gasteiger partial charge in [0.25, 0.3) is 0 Å². The fourth-order valence-electron chi connectivity index (χ4n) is 10.3. The lowest BCUT2D eigenvalue weighted by molar-refractivity contribution is -0.167. The molecule has 0 bridgehead atoms. The molecule has 0 aliphatic heterocycles. The van der Waals surface area contributed by atoms with Gasteiger partial charge in [-0.25, -0.2) is 0 Å². The van der Waals surface area contributed by atoms with Crippen molar-refractivity contribution >= 4 is 17.9 Å². The quantitative estimate of drug-likeness (QED) is 0.0261. The van der Waals surface area contributed by atoms with Gasteiger partial charge in [-0.2, -0.15) is 0 Å². The molecule has 1 unspecified atom stereocenters. The number of rotatable bonds is 62. The SMILES string of the molecule is CCCCCCCCCC/C=C\CCCCCCCCCCCCCCCCCCCCCCCCCC(=O)OCC(COC(=O)CCCCCCCCCCCC)OC(=O)CCCCCCCCCCCC. The second kappa shape index (κ2) is 62.7. The predicted molar refractivity (Wildman–Crippen MR) is 317 cm³/mol. The number of hydrogen-bond donors (Lipinski definition) is 0. The second-order valence-electron chi connectivity index (χ2n) is 22.7. The first-order chi connectivity index (χ1) is 36.0. The third kappa shape index (κ3) is 60.9. The van der Waals surface area contributed by atoms with Gasteiger partial charge in [-0.3, -0.25) is 14.4 Å². The van der Waals surface area contributed by atoms with Crippen molar-refractivity contribution < 1.29 is 28.6 Å². The molecular formula is C67H128O6. The molecule has 0 aliphatic rings. The highest BCUT2D eigenvalue weighted by Gasteiger charge is 2.19. The van der Waals surface area contributed by atoms with Gasteiger partial charge < -0.3 is 14.2 Å². The number of carbonyl (C=O) groups is 3. The fourth-order valence-corrected chi connectivity index (χ4v) is 10.3. The summed E-state index contributed by atoms with van der Waals surface area (Å²) in [5, 5.41) is 0. The Bertz CT molecular complexity index is 1130. The maximum absolute atomic E-state index is 12.8. The Morgan fingerprint density at radius 3 is 0.685 bits per heavy atom. The molecule has 1 atom stereocenters. The first-order valence-corrected chi connectivity index (χ1v) is 33.2. The van der Waals surface area contributed by atoms with Crippen molar-refractivity contribution in [3.8, 4) is 0 Å². The molecule has 0 aromatic carbocycles. The van der Waals surface area contributed by atoms with E-state index in [4.69, 9.17) is 14.2 Å². The predicted octanol–water partition coefficient (Wildman–Crippen LogP) is 22.4. The third-order valence-electron chi connectivity index (χ3n) is 15.3. The molecular weight excluding hydrogens is 901 g/mol. The topological polar surface area (TPSA) is 78.9 Å². The lowest BCUT2D eigenvalue weighted by Gasteiger charge is -2.18. The molecule has 6 heteroatoms. The highest BCUT2D eigenvalue weighted by Crippen LogP contribution is 2.18. The Hall–Kier alpha value is -1.85. The summed E-state index contributed by atoms with van der Waals surface area (Å²) >= 11 is 0. The summed E-state index contributed by atoms with van der Waals surface area (Å²) in [7, 11) is 0. The zero-order chi connectivity index (χ0) is 52.9. The van der Waals surface area contributed by atoms with Crippen LogP contribution in [0.5, 0.6) is 0 Å². The smallest absolute Gasteiger partial charge is 0.306 e. The van der Waals surface area contributed by atoms with Gasteiger partial charge in [0.05, 0.1) is 0 Å². The standard InChI is InChI=1S/C67H128O6/c1-4-7-10-13-16-19-22-23-24-25-26-27-28-29-30-31-32-33-34-35-36-37-38-39-40-41-42-43-44-45-46-49-51-54-57-60-66(69)72-63-64(73-67(70)61-58-55-52-48-21-18-15-12-9-6-3)62-71-65(68)59-56-53-50-47-20-17-14-11-8-5-2/h25-26,64H,4-24,27-63H2,1-3H3/b26-25-. The minimum absolute atomic E-state index is 0.0628. The summed E-state index contributed by atoms with van der Waals surface area (Å²) in [5.41, 5.74) is 0. The monoisotopic (exact) mass is 1030 g/mol. The van der Waals surface area contributed by atoms with Crippen LogP contribution >= 0.6 is 0 Å². The molecule has 0 aliphatic carbocycles. The Kier molecular flexibility index (Phi) is 61.1. The first-order valence-electron chi connectivity index (χ1n) is 33.2. The molecule has 0 saturated carbocycles. The minimum Gasteiger partial charge on any atom is -0.462 e. The van der Waals surface area contributed by atoms with Gasteiger partial charge in [0.1, 0.15) is 13.2 Å². The van der Waals surface area contributed by atoms with Crippen LogP contribution < -0.4 is 0 Å². The van der Waals surface area contributed by atoms with Gasteiger partial charge in [0.15, 0.2) is 6.10 Å². The number of ether oxygens (including phenoxy) is 3. The van der Waals surface area contributed by atoms with Gasteiger partial charge in [-0.15, -0.1) is 0 Å². The second-order valence-corrected chi connectivity index (χ2v) is 22.7. The van der Waals surface area contributed by atoms with E-state index in [9.17, 15) is 14.4 Å². The van der Waals surface area contributed by atoms with Crippen molar-refractivity contribution in [1.29, 1.82) is 0 Å². The molecule has 0 spiro atoms. The molecule has 0 rings (SSSR count). The van der Waals surface area contributed by atoms with Crippen LogP contribution in [0.4, 0.5) is 0 Å². The Balaban J connectivity index is 3.88. The van der Waals surface area contributed by atoms with E-state index in [0.717, 1.165) is 57.8 Å². The number of allylic oxidation sites excluding steroid dienone is 2. The Labute approximate surface area is 456 Å². The van der Waals surface area contributed by atoms with E-state index in [-0.39, 0.29) is 31.1 Å². The number of hydrogen-bond acceptors (Lipinski definition) is 6. The Morgan fingerprint density at radius 1 is 0.260 bits per heavy atom. The molecule has 0 aromatic heterocycles. The summed E-state index contributed by atoms with van der Waals surface area (Å²) in [6.07, 6.45) is 74.2. The summed E-state index contributed by atoms with van der Waals surface area (Å²) < 4.78 is 16.8. The zero-order valence-corrected chi connectivity index (χ0v) is 49.7. The molecule has 0 saturated heterocycles. The minimum atomic E-state index is -0.761. The maximum Gasteiger partial charge on any atom is 0.306 e. The molecule has 6 nitrogen and oxygen atoms in total. The molecule has 0 amide bonds. The van der Waals surface area contributed by atoms with Crippen LogP contribution in [0.25, 0.3) is 0 Å². The van der Waals surface area contributed by atoms with Crippen LogP contribution in [-0.4, -0.2) is 37.2 Å². The van der Waals surface area contributed by atoms with Crippen molar-refractivity contribution in [1.82, 2.24) is 0 Å². The molecule has 432 valence electrons. The Morgan fingerprint density at radius 2 is 0.452 bits per heavy atom. The van der Waals surface area contributed by atoms with E-state index in [1.54, 1.807) is 0 Å². The fraction of sp³-hybridized carbons (Fsp3) is 0.925. The normalized spacial score (nSPS) is 12.0. The van der Waals surface area contributed by atoms with E-state index < -0.39 is 6.10 Å². The van der Waals surface area contributed by atoms with Gasteiger partial charge in [-0.05, 0) is 44.9 Å². The molecule has 0 N–H and O–H groups in total. The highest BCUT2D eigenvalue weighted by molar-refractivity contribution is 5.71. The molecule has 73 heavy (non-hydrogen) atoms. The molecule has 0 heterocycles. The summed E-state index contributed by atoms with van der Waals surface area (Å²) in [5.74, 6) is -0.841. The van der Waals surface area contributed by atoms with Crippen LogP contribution in [0.2, 0.25) is 0 Å². The van der Waals surface area contributed by atoms with E-state index in [1.165, 1.54) is 283 Å². The number of unbranched alkanes of at least 4 members (excludes halogenated alkanes) is 49. The lowest BCUT2D eigenvalue weighted by Crippen LogP contribution is -2.30. The van der Waals surface area contributed by atoms with Crippen LogP contribution in [-0.2, 0) is 28.6 Å². The van der Waals surface area contributed by atoms with Gasteiger partial charge >= 0.3 is 17.9 Å². The summed E-state index contributed by atoms with van der Waals surface area (Å²) in [6.45, 7) is 6.67. The van der Waals surface area contributed by atoms with E-state index in [2.05, 4.69) is 32.9 Å². The van der Waals surface area contributed by atoms with Gasteiger partial charge in [0, 0.05) is 19.3 Å². The summed E-state index contributed by atoms with van der Waals surface area (Å²) in [4.78, 5) is 38.0. The van der Waals surface area contributed by atoms with Crippen LogP contribution in [0.1, 0.15) is 380 Å². The zero-order valence-electron chi connectivity index (χ0n) is 49.7. The lowest BCUT2D eigenvalue weighted by atomic mass is 10.0. The van der Waals surface area contributed by atoms with E-state index in [0.29, 0.717) is 19.3 Å². The van der Waals surface area contributed by atoms with Crippen molar-refractivity contribution in [3.63, 3.8) is 0 Å². The highest BCUT2D eigenvalue weighted by atomic mass is 16.6. The molecule has 0 fully saturated rings. The number of esters is 3. The van der Waals surface area contributed by atoms with E-state index >= 15 is 0 Å². The van der Waals surface area contributed by atoms with Gasteiger partial charge in [-0.1, -0.05) is 328 Å². The van der Waals surface area contributed by atoms with Crippen LogP contribution in [0.3, 0.4) is 0 Å². The first kappa shape index (κ1) is 71.2. The molecule has 0 radical (unpaired) electrons. The van der Waals surface area contributed by atoms with Crippen molar-refractivity contribution in [2.24, 2.45) is 0 Å². The summed E-state index contributed by atoms with van der Waals surface area (Å²) in [6, 6.07) is 0. The van der Waals surface area contributed by atoms with Crippen molar-refractivity contribution in [2.45, 2.75) is 386 Å².